The van der Waals surface area contributed by atoms with Crippen LogP contribution in [0.3, 0.4) is 0 Å². The van der Waals surface area contributed by atoms with E-state index in [0.29, 0.717) is 38.8 Å². The van der Waals surface area contributed by atoms with Crippen LogP contribution >= 0.6 is 11.6 Å². The van der Waals surface area contributed by atoms with Crippen LogP contribution in [-0.4, -0.2) is 47.3 Å². The number of fused-ring (bicyclic) bond motifs is 1. The van der Waals surface area contributed by atoms with E-state index in [1.54, 1.807) is 30.5 Å². The van der Waals surface area contributed by atoms with Crippen LogP contribution < -0.4 is 5.32 Å². The summed E-state index contributed by atoms with van der Waals surface area (Å²) in [5.74, 6) is -2.04. The number of halogens is 1. The summed E-state index contributed by atoms with van der Waals surface area (Å²) in [7, 11) is 0. The van der Waals surface area contributed by atoms with Crippen molar-refractivity contribution < 1.29 is 19.8 Å². The minimum Gasteiger partial charge on any atom is -0.478 e. The van der Waals surface area contributed by atoms with Gasteiger partial charge in [-0.1, -0.05) is 11.6 Å². The molecule has 0 aliphatic heterocycles. The fourth-order valence-corrected chi connectivity index (χ4v) is 4.20. The normalized spacial score (nSPS) is 16.8. The van der Waals surface area contributed by atoms with E-state index in [2.05, 4.69) is 25.8 Å². The first-order valence-electron chi connectivity index (χ1n) is 10.3. The molecule has 11 heteroatoms. The summed E-state index contributed by atoms with van der Waals surface area (Å²) in [6, 6.07) is 12.9. The van der Waals surface area contributed by atoms with Crippen molar-refractivity contribution in [2.45, 2.75) is 18.4 Å². The number of aromatic carboxylic acids is 1. The monoisotopic (exact) mass is 476 g/mol. The number of nitrogens with one attached hydrogen (secondary N) is 1. The maximum absolute atomic E-state index is 12.9. The van der Waals surface area contributed by atoms with Crippen molar-refractivity contribution in [2.24, 2.45) is 0 Å². The van der Waals surface area contributed by atoms with E-state index < -0.39 is 18.0 Å². The number of amides is 1. The first-order chi connectivity index (χ1) is 16.4. The molecule has 2 heterocycles. The Hall–Kier alpha value is -4.15. The first kappa shape index (κ1) is 21.7. The summed E-state index contributed by atoms with van der Waals surface area (Å²) >= 11 is 6.23. The number of tetrazole rings is 1. The van der Waals surface area contributed by atoms with Crippen LogP contribution in [0.1, 0.15) is 40.1 Å². The van der Waals surface area contributed by atoms with E-state index in [1.807, 2.05) is 0 Å². The van der Waals surface area contributed by atoms with Crippen molar-refractivity contribution in [2.75, 3.05) is 5.32 Å². The molecular weight excluding hydrogens is 460 g/mol. The summed E-state index contributed by atoms with van der Waals surface area (Å²) in [5.41, 5.74) is 3.71. The number of aliphatic hydroxyl groups excluding tert-OH is 1. The minimum atomic E-state index is -1.05. The number of carbonyl (C=O) groups is 2. The Morgan fingerprint density at radius 1 is 1.12 bits per heavy atom. The molecule has 0 saturated carbocycles. The van der Waals surface area contributed by atoms with Crippen molar-refractivity contribution in [1.29, 1.82) is 0 Å². The third kappa shape index (κ3) is 4.00. The number of aromatic nitrogens is 5. The number of hydrogen-bond donors (Lipinski definition) is 3. The Kier molecular flexibility index (Phi) is 5.52. The molecule has 3 N–H and O–H groups in total. The zero-order chi connectivity index (χ0) is 23.8. The number of carboxylic acids is 1. The number of carbonyl (C=O) groups excluding carboxylic acids is 1. The van der Waals surface area contributed by atoms with Gasteiger partial charge in [-0.25, -0.2) is 4.79 Å². The molecule has 0 fully saturated rings. The van der Waals surface area contributed by atoms with E-state index in [9.17, 15) is 14.7 Å². The Morgan fingerprint density at radius 3 is 2.62 bits per heavy atom. The zero-order valence-electron chi connectivity index (χ0n) is 17.5. The number of nitrogens with zero attached hydrogens (tertiary/aromatic N) is 5. The van der Waals surface area contributed by atoms with Gasteiger partial charge >= 0.3 is 5.97 Å². The van der Waals surface area contributed by atoms with Crippen molar-refractivity contribution in [3.05, 3.63) is 82.9 Å². The van der Waals surface area contributed by atoms with Gasteiger partial charge in [0.15, 0.2) is 0 Å². The molecule has 2 atom stereocenters. The molecule has 5 rings (SSSR count). The van der Waals surface area contributed by atoms with Gasteiger partial charge < -0.3 is 15.5 Å². The van der Waals surface area contributed by atoms with Crippen molar-refractivity contribution in [3.8, 4) is 16.8 Å². The minimum absolute atomic E-state index is 0.121. The average Bonchev–Trinajstić information content (AvgIpc) is 3.48. The topological polar surface area (TPSA) is 143 Å². The second-order valence-electron chi connectivity index (χ2n) is 7.79. The molecular formula is C23H17ClN6O4. The lowest BCUT2D eigenvalue weighted by Gasteiger charge is -2.13. The lowest BCUT2D eigenvalue weighted by Crippen LogP contribution is -2.20. The molecule has 170 valence electrons. The standard InChI is InChI=1S/C23H17ClN6O4/c24-14-3-6-19(30-11-26-28-29-30)16(8-14)13-7-17-20(31)9-18(21(17)25-10-13)22(32)27-15-4-1-12(2-5-15)23(33)34/h1-8,10-11,18,20,31H,9H2,(H,27,32)(H,33,34). The van der Waals surface area contributed by atoms with Crippen LogP contribution in [0.25, 0.3) is 16.8 Å². The van der Waals surface area contributed by atoms with Crippen molar-refractivity contribution >= 4 is 29.2 Å². The quantitative estimate of drug-likeness (QED) is 0.398. The van der Waals surface area contributed by atoms with Gasteiger partial charge in [0.05, 0.1) is 29.0 Å². The fourth-order valence-electron chi connectivity index (χ4n) is 4.03. The largest absolute Gasteiger partial charge is 0.478 e. The molecule has 0 spiro atoms. The van der Waals surface area contributed by atoms with Gasteiger partial charge in [-0.3, -0.25) is 9.78 Å². The second kappa shape index (κ2) is 8.65. The number of pyridine rings is 1. The van der Waals surface area contributed by atoms with E-state index in [0.717, 1.165) is 0 Å². The van der Waals surface area contributed by atoms with Crippen LogP contribution in [0.2, 0.25) is 5.02 Å². The molecule has 2 aromatic heterocycles. The average molecular weight is 477 g/mol. The van der Waals surface area contributed by atoms with Crippen LogP contribution in [-0.2, 0) is 4.79 Å². The third-order valence-corrected chi connectivity index (χ3v) is 5.91. The Bertz CT molecular complexity index is 1390. The number of hydrogen-bond acceptors (Lipinski definition) is 7. The Labute approximate surface area is 197 Å². The Morgan fingerprint density at radius 2 is 1.91 bits per heavy atom. The van der Waals surface area contributed by atoms with Gasteiger partial charge in [0.25, 0.3) is 0 Å². The summed E-state index contributed by atoms with van der Waals surface area (Å²) in [4.78, 5) is 28.5. The van der Waals surface area contributed by atoms with E-state index >= 15 is 0 Å². The van der Waals surface area contributed by atoms with Gasteiger partial charge in [0.1, 0.15) is 6.33 Å². The highest BCUT2D eigenvalue weighted by Gasteiger charge is 2.36. The number of carboxylic acid groups (broad SMARTS) is 1. The lowest BCUT2D eigenvalue weighted by atomic mass is 10.0. The molecule has 1 aliphatic carbocycles. The SMILES string of the molecule is O=C(O)c1ccc(NC(=O)C2CC(O)c3cc(-c4cc(Cl)ccc4-n4cnnn4)cnc32)cc1. The Balaban J connectivity index is 1.44. The smallest absolute Gasteiger partial charge is 0.335 e. The van der Waals surface area contributed by atoms with Gasteiger partial charge in [0.2, 0.25) is 5.91 Å². The van der Waals surface area contributed by atoms with Crippen LogP contribution in [0.4, 0.5) is 5.69 Å². The maximum Gasteiger partial charge on any atom is 0.335 e. The predicted molar refractivity (Wildman–Crippen MR) is 122 cm³/mol. The van der Waals surface area contributed by atoms with Crippen molar-refractivity contribution in [3.63, 3.8) is 0 Å². The highest BCUT2D eigenvalue weighted by atomic mass is 35.5. The molecule has 0 saturated heterocycles. The summed E-state index contributed by atoms with van der Waals surface area (Å²) in [6.07, 6.45) is 2.40. The molecule has 2 unspecified atom stereocenters. The molecule has 1 aliphatic rings. The summed E-state index contributed by atoms with van der Waals surface area (Å²) in [5, 5.41) is 34.3. The lowest BCUT2D eigenvalue weighted by molar-refractivity contribution is -0.118. The van der Waals surface area contributed by atoms with Gasteiger partial charge in [-0.2, -0.15) is 4.68 Å². The molecule has 34 heavy (non-hydrogen) atoms. The second-order valence-corrected chi connectivity index (χ2v) is 8.23. The number of aliphatic hydroxyl groups is 1. The van der Waals surface area contributed by atoms with Crippen LogP contribution in [0.5, 0.6) is 0 Å². The van der Waals surface area contributed by atoms with E-state index in [4.69, 9.17) is 16.7 Å². The maximum atomic E-state index is 12.9. The van der Waals surface area contributed by atoms with Crippen LogP contribution in [0.15, 0.2) is 61.1 Å². The fraction of sp³-hybridized carbons (Fsp3) is 0.130. The third-order valence-electron chi connectivity index (χ3n) is 5.68. The predicted octanol–water partition coefficient (Wildman–Crippen LogP) is 3.24. The number of anilines is 1. The molecule has 1 amide bonds. The highest BCUT2D eigenvalue weighted by molar-refractivity contribution is 6.31. The van der Waals surface area contributed by atoms with Gasteiger partial charge in [-0.15, -0.1) is 5.10 Å². The van der Waals surface area contributed by atoms with Gasteiger partial charge in [-0.05, 0) is 65.4 Å². The summed E-state index contributed by atoms with van der Waals surface area (Å²) in [6.45, 7) is 0. The molecule has 0 radical (unpaired) electrons. The first-order valence-corrected chi connectivity index (χ1v) is 10.6. The zero-order valence-corrected chi connectivity index (χ0v) is 18.2. The van der Waals surface area contributed by atoms with Crippen LogP contribution in [0, 0.1) is 0 Å². The molecule has 2 aromatic carbocycles. The highest BCUT2D eigenvalue weighted by Crippen LogP contribution is 2.42. The van der Waals surface area contributed by atoms with E-state index in [1.165, 1.54) is 35.3 Å². The molecule has 10 nitrogen and oxygen atoms in total. The molecule has 4 aromatic rings. The van der Waals surface area contributed by atoms with Gasteiger partial charge in [0, 0.05) is 33.6 Å². The number of benzene rings is 2. The number of rotatable bonds is 5. The van der Waals surface area contributed by atoms with Crippen molar-refractivity contribution in [1.82, 2.24) is 25.2 Å². The molecule has 0 bridgehead atoms. The summed E-state index contributed by atoms with van der Waals surface area (Å²) < 4.78 is 1.50. The van der Waals surface area contributed by atoms with E-state index in [-0.39, 0.29) is 17.9 Å².